The fourth-order valence-electron chi connectivity index (χ4n) is 1.14. The predicted molar refractivity (Wildman–Crippen MR) is 60.9 cm³/mol. The summed E-state index contributed by atoms with van der Waals surface area (Å²) in [6, 6.07) is 6.98. The summed E-state index contributed by atoms with van der Waals surface area (Å²) in [5.74, 6) is 0.815. The van der Waals surface area contributed by atoms with Gasteiger partial charge in [0.25, 0.3) is 0 Å². The van der Waals surface area contributed by atoms with Crippen LogP contribution in [0, 0.1) is 0 Å². The summed E-state index contributed by atoms with van der Waals surface area (Å²) in [5, 5.41) is 11.4. The standard InChI is InChI=1S/C11H16N2O3/c1-2-15-7-8-16-10-5-3-9(4-6-10)11(12)13-14/h3-6,14H,2,7-8H2,1H3,(H2,12,13). The lowest BCUT2D eigenvalue weighted by molar-refractivity contribution is 0.110. The van der Waals surface area contributed by atoms with Gasteiger partial charge in [-0.25, -0.2) is 0 Å². The fourth-order valence-corrected chi connectivity index (χ4v) is 1.14. The van der Waals surface area contributed by atoms with E-state index in [2.05, 4.69) is 5.16 Å². The molecule has 0 fully saturated rings. The molecule has 1 rings (SSSR count). The maximum atomic E-state index is 8.47. The molecule has 0 atom stereocenters. The Labute approximate surface area is 94.5 Å². The summed E-state index contributed by atoms with van der Waals surface area (Å²) < 4.78 is 10.5. The zero-order valence-electron chi connectivity index (χ0n) is 9.22. The Bertz CT molecular complexity index is 336. The van der Waals surface area contributed by atoms with Gasteiger partial charge < -0.3 is 20.4 Å². The highest BCUT2D eigenvalue weighted by Gasteiger charge is 1.99. The van der Waals surface area contributed by atoms with Crippen LogP contribution in [0.15, 0.2) is 29.4 Å². The van der Waals surface area contributed by atoms with Crippen molar-refractivity contribution in [1.82, 2.24) is 0 Å². The Morgan fingerprint density at radius 2 is 2.00 bits per heavy atom. The number of hydrogen-bond acceptors (Lipinski definition) is 4. The van der Waals surface area contributed by atoms with Crippen molar-refractivity contribution >= 4 is 5.84 Å². The third-order valence-electron chi connectivity index (χ3n) is 1.96. The molecule has 0 aromatic heterocycles. The van der Waals surface area contributed by atoms with Crippen LogP contribution in [-0.4, -0.2) is 30.9 Å². The van der Waals surface area contributed by atoms with Crippen molar-refractivity contribution in [2.75, 3.05) is 19.8 Å². The van der Waals surface area contributed by atoms with Crippen LogP contribution in [0.2, 0.25) is 0 Å². The van der Waals surface area contributed by atoms with Gasteiger partial charge in [0.1, 0.15) is 12.4 Å². The predicted octanol–water partition coefficient (Wildman–Crippen LogP) is 1.20. The number of benzene rings is 1. The lowest BCUT2D eigenvalue weighted by atomic mass is 10.2. The van der Waals surface area contributed by atoms with Crippen LogP contribution in [0.3, 0.4) is 0 Å². The minimum Gasteiger partial charge on any atom is -0.491 e. The first-order valence-electron chi connectivity index (χ1n) is 5.06. The molecule has 0 heterocycles. The molecule has 16 heavy (non-hydrogen) atoms. The molecule has 3 N–H and O–H groups in total. The average molecular weight is 224 g/mol. The third kappa shape index (κ3) is 3.78. The second-order valence-electron chi connectivity index (χ2n) is 3.06. The van der Waals surface area contributed by atoms with Gasteiger partial charge in [-0.15, -0.1) is 0 Å². The average Bonchev–Trinajstić information content (AvgIpc) is 2.34. The highest BCUT2D eigenvalue weighted by atomic mass is 16.5. The molecule has 0 aliphatic rings. The highest BCUT2D eigenvalue weighted by Crippen LogP contribution is 2.11. The molecule has 5 nitrogen and oxygen atoms in total. The zero-order valence-corrected chi connectivity index (χ0v) is 9.22. The molecule has 0 aliphatic heterocycles. The van der Waals surface area contributed by atoms with Crippen LogP contribution in [0.25, 0.3) is 0 Å². The molecule has 5 heteroatoms. The normalized spacial score (nSPS) is 11.4. The maximum Gasteiger partial charge on any atom is 0.170 e. The minimum absolute atomic E-state index is 0.0841. The molecule has 88 valence electrons. The monoisotopic (exact) mass is 224 g/mol. The first kappa shape index (κ1) is 12.3. The van der Waals surface area contributed by atoms with Crippen molar-refractivity contribution in [3.8, 4) is 5.75 Å². The Morgan fingerprint density at radius 1 is 1.31 bits per heavy atom. The summed E-state index contributed by atoms with van der Waals surface area (Å²) in [4.78, 5) is 0. The lowest BCUT2D eigenvalue weighted by Gasteiger charge is -2.06. The van der Waals surface area contributed by atoms with Gasteiger partial charge in [0.15, 0.2) is 5.84 Å². The molecular weight excluding hydrogens is 208 g/mol. The van der Waals surface area contributed by atoms with Gasteiger partial charge in [-0.2, -0.15) is 0 Å². The van der Waals surface area contributed by atoms with Crippen LogP contribution >= 0.6 is 0 Å². The number of hydrogen-bond donors (Lipinski definition) is 2. The van der Waals surface area contributed by atoms with Crippen molar-refractivity contribution in [3.05, 3.63) is 29.8 Å². The molecule has 0 bridgehead atoms. The second-order valence-corrected chi connectivity index (χ2v) is 3.06. The van der Waals surface area contributed by atoms with E-state index >= 15 is 0 Å². The molecule has 0 saturated carbocycles. The van der Waals surface area contributed by atoms with Crippen LogP contribution in [0.4, 0.5) is 0 Å². The van der Waals surface area contributed by atoms with E-state index in [0.717, 1.165) is 5.75 Å². The second kappa shape index (κ2) is 6.68. The van der Waals surface area contributed by atoms with E-state index in [1.54, 1.807) is 24.3 Å². The summed E-state index contributed by atoms with van der Waals surface area (Å²) >= 11 is 0. The van der Waals surface area contributed by atoms with Gasteiger partial charge >= 0.3 is 0 Å². The highest BCUT2D eigenvalue weighted by molar-refractivity contribution is 5.97. The van der Waals surface area contributed by atoms with Crippen LogP contribution in [0.1, 0.15) is 12.5 Å². The number of nitrogens with two attached hydrogens (primary N) is 1. The Morgan fingerprint density at radius 3 is 2.56 bits per heavy atom. The molecule has 0 aliphatic carbocycles. The summed E-state index contributed by atoms with van der Waals surface area (Å²) in [7, 11) is 0. The van der Waals surface area contributed by atoms with E-state index in [0.29, 0.717) is 25.4 Å². The van der Waals surface area contributed by atoms with Crippen molar-refractivity contribution < 1.29 is 14.7 Å². The van der Waals surface area contributed by atoms with E-state index in [4.69, 9.17) is 20.4 Å². The van der Waals surface area contributed by atoms with Crippen molar-refractivity contribution in [2.24, 2.45) is 10.9 Å². The molecule has 0 spiro atoms. The summed E-state index contributed by atoms with van der Waals surface area (Å²) in [5.41, 5.74) is 6.08. The van der Waals surface area contributed by atoms with Gasteiger partial charge in [-0.05, 0) is 31.2 Å². The maximum absolute atomic E-state index is 8.47. The first-order valence-corrected chi connectivity index (χ1v) is 5.06. The summed E-state index contributed by atoms with van der Waals surface area (Å²) in [6.07, 6.45) is 0. The molecule has 0 radical (unpaired) electrons. The molecule has 1 aromatic carbocycles. The molecule has 0 unspecified atom stereocenters. The molecule has 0 saturated heterocycles. The Kier molecular flexibility index (Phi) is 5.15. The van der Waals surface area contributed by atoms with Gasteiger partial charge in [-0.1, -0.05) is 5.16 Å². The largest absolute Gasteiger partial charge is 0.491 e. The van der Waals surface area contributed by atoms with E-state index in [1.807, 2.05) is 6.92 Å². The third-order valence-corrected chi connectivity index (χ3v) is 1.96. The van der Waals surface area contributed by atoms with E-state index in [-0.39, 0.29) is 5.84 Å². The summed E-state index contributed by atoms with van der Waals surface area (Å²) in [6.45, 7) is 3.70. The van der Waals surface area contributed by atoms with Gasteiger partial charge in [0.05, 0.1) is 6.61 Å². The number of oxime groups is 1. The number of rotatable bonds is 6. The SMILES string of the molecule is CCOCCOc1ccc(/C(N)=N/O)cc1. The van der Waals surface area contributed by atoms with Gasteiger partial charge in [0.2, 0.25) is 0 Å². The van der Waals surface area contributed by atoms with Crippen molar-refractivity contribution in [1.29, 1.82) is 0 Å². The fraction of sp³-hybridized carbons (Fsp3) is 0.364. The smallest absolute Gasteiger partial charge is 0.170 e. The van der Waals surface area contributed by atoms with E-state index in [1.165, 1.54) is 0 Å². The van der Waals surface area contributed by atoms with Crippen LogP contribution in [0.5, 0.6) is 5.75 Å². The van der Waals surface area contributed by atoms with Crippen molar-refractivity contribution in [2.45, 2.75) is 6.92 Å². The topological polar surface area (TPSA) is 77.1 Å². The van der Waals surface area contributed by atoms with Crippen molar-refractivity contribution in [3.63, 3.8) is 0 Å². The first-order chi connectivity index (χ1) is 7.77. The quantitative estimate of drug-likeness (QED) is 0.250. The van der Waals surface area contributed by atoms with E-state index < -0.39 is 0 Å². The van der Waals surface area contributed by atoms with Crippen LogP contribution < -0.4 is 10.5 Å². The van der Waals surface area contributed by atoms with Gasteiger partial charge in [-0.3, -0.25) is 0 Å². The van der Waals surface area contributed by atoms with E-state index in [9.17, 15) is 0 Å². The zero-order chi connectivity index (χ0) is 11.8. The number of nitrogens with zero attached hydrogens (tertiary/aromatic N) is 1. The molecule has 1 aromatic rings. The van der Waals surface area contributed by atoms with Crippen LogP contribution in [-0.2, 0) is 4.74 Å². The molecule has 0 amide bonds. The number of amidine groups is 1. The number of ether oxygens (including phenoxy) is 2. The lowest BCUT2D eigenvalue weighted by Crippen LogP contribution is -2.12. The minimum atomic E-state index is 0.0841. The Balaban J connectivity index is 2.45. The van der Waals surface area contributed by atoms with Gasteiger partial charge in [0, 0.05) is 12.2 Å². The Hall–Kier alpha value is -1.75. The molecular formula is C11H16N2O3.